The summed E-state index contributed by atoms with van der Waals surface area (Å²) < 4.78 is 9.77. The molecule has 1 aromatic carbocycles. The lowest BCUT2D eigenvalue weighted by molar-refractivity contribution is 0.0607. The number of rotatable bonds is 3. The van der Waals surface area contributed by atoms with Gasteiger partial charge in [0.05, 0.1) is 19.9 Å². The van der Waals surface area contributed by atoms with Gasteiger partial charge in [0.1, 0.15) is 10.6 Å². The van der Waals surface area contributed by atoms with Crippen LogP contribution in [0, 0.1) is 0 Å². The molecule has 0 fully saturated rings. The largest absolute Gasteiger partial charge is 0.497 e. The quantitative estimate of drug-likeness (QED) is 0.865. The highest BCUT2D eigenvalue weighted by atomic mass is 32.1. The van der Waals surface area contributed by atoms with Crippen molar-refractivity contribution in [3.8, 4) is 16.2 Å². The van der Waals surface area contributed by atoms with Gasteiger partial charge in [-0.3, -0.25) is 0 Å². The van der Waals surface area contributed by atoms with Crippen LogP contribution < -0.4 is 10.5 Å². The fraction of sp³-hybridized carbons (Fsp3) is 0.154. The molecule has 0 spiro atoms. The Morgan fingerprint density at radius 2 is 1.89 bits per heavy atom. The molecule has 0 atom stereocenters. The molecule has 18 heavy (non-hydrogen) atoms. The van der Waals surface area contributed by atoms with Crippen LogP contribution in [0.15, 0.2) is 30.3 Å². The van der Waals surface area contributed by atoms with E-state index in [2.05, 4.69) is 4.74 Å². The van der Waals surface area contributed by atoms with E-state index >= 15 is 0 Å². The molecule has 1 aromatic heterocycles. The maximum absolute atomic E-state index is 11.5. The monoisotopic (exact) mass is 263 g/mol. The van der Waals surface area contributed by atoms with Gasteiger partial charge in [0.2, 0.25) is 0 Å². The molecule has 5 heteroatoms. The summed E-state index contributed by atoms with van der Waals surface area (Å²) in [7, 11) is 2.96. The van der Waals surface area contributed by atoms with E-state index in [0.717, 1.165) is 16.2 Å². The molecule has 0 bridgehead atoms. The summed E-state index contributed by atoms with van der Waals surface area (Å²) in [6.45, 7) is 0. The van der Waals surface area contributed by atoms with Crippen LogP contribution in [0.25, 0.3) is 10.4 Å². The second-order valence-corrected chi connectivity index (χ2v) is 4.67. The first-order chi connectivity index (χ1) is 8.65. The van der Waals surface area contributed by atoms with Crippen molar-refractivity contribution in [1.29, 1.82) is 0 Å². The Morgan fingerprint density at radius 3 is 2.44 bits per heavy atom. The van der Waals surface area contributed by atoms with Crippen LogP contribution >= 0.6 is 11.3 Å². The van der Waals surface area contributed by atoms with E-state index in [1.165, 1.54) is 18.4 Å². The lowest BCUT2D eigenvalue weighted by Crippen LogP contribution is -2.00. The van der Waals surface area contributed by atoms with Gasteiger partial charge in [0.15, 0.2) is 0 Å². The van der Waals surface area contributed by atoms with Gasteiger partial charge >= 0.3 is 5.97 Å². The van der Waals surface area contributed by atoms with Gasteiger partial charge in [-0.05, 0) is 35.9 Å². The van der Waals surface area contributed by atoms with E-state index in [1.54, 1.807) is 13.2 Å². The zero-order chi connectivity index (χ0) is 13.1. The van der Waals surface area contributed by atoms with Crippen molar-refractivity contribution in [3.63, 3.8) is 0 Å². The number of benzene rings is 1. The molecule has 0 saturated carbocycles. The molecule has 0 aliphatic heterocycles. The normalized spacial score (nSPS) is 10.1. The number of thiophene rings is 1. The summed E-state index contributed by atoms with van der Waals surface area (Å²) in [6, 6.07) is 9.35. The third kappa shape index (κ3) is 2.31. The minimum absolute atomic E-state index is 0.405. The molecule has 4 nitrogen and oxygen atoms in total. The maximum atomic E-state index is 11.5. The van der Waals surface area contributed by atoms with Crippen molar-refractivity contribution in [2.75, 3.05) is 20.0 Å². The molecule has 2 rings (SSSR count). The molecule has 2 aromatic rings. The highest BCUT2D eigenvalue weighted by Crippen LogP contribution is 2.34. The van der Waals surface area contributed by atoms with E-state index in [9.17, 15) is 4.79 Å². The lowest BCUT2D eigenvalue weighted by atomic mass is 10.2. The number of methoxy groups -OCH3 is 2. The fourth-order valence-electron chi connectivity index (χ4n) is 1.55. The van der Waals surface area contributed by atoms with Crippen LogP contribution in [0.4, 0.5) is 5.69 Å². The van der Waals surface area contributed by atoms with Crippen molar-refractivity contribution in [3.05, 3.63) is 35.2 Å². The molecule has 2 N–H and O–H groups in total. The molecule has 94 valence electrons. The summed E-state index contributed by atoms with van der Waals surface area (Å²) in [5.74, 6) is 0.383. The number of anilines is 1. The Morgan fingerprint density at radius 1 is 1.22 bits per heavy atom. The second kappa shape index (κ2) is 5.10. The minimum Gasteiger partial charge on any atom is -0.497 e. The van der Waals surface area contributed by atoms with E-state index in [1.807, 2.05) is 24.3 Å². The second-order valence-electron chi connectivity index (χ2n) is 3.62. The average molecular weight is 263 g/mol. The van der Waals surface area contributed by atoms with Crippen LogP contribution in [-0.4, -0.2) is 20.2 Å². The van der Waals surface area contributed by atoms with E-state index in [0.29, 0.717) is 10.6 Å². The van der Waals surface area contributed by atoms with E-state index < -0.39 is 5.97 Å². The van der Waals surface area contributed by atoms with Crippen molar-refractivity contribution < 1.29 is 14.3 Å². The number of esters is 1. The molecule has 0 aliphatic carbocycles. The Kier molecular flexibility index (Phi) is 3.53. The molecule has 0 aliphatic rings. The summed E-state index contributed by atoms with van der Waals surface area (Å²) in [5, 5.41) is 0. The first kappa shape index (κ1) is 12.4. The number of nitrogen functional groups attached to an aromatic ring is 1. The topological polar surface area (TPSA) is 61.5 Å². The van der Waals surface area contributed by atoms with Crippen molar-refractivity contribution in [2.45, 2.75) is 0 Å². The smallest absolute Gasteiger partial charge is 0.350 e. The van der Waals surface area contributed by atoms with E-state index in [4.69, 9.17) is 10.5 Å². The van der Waals surface area contributed by atoms with Crippen molar-refractivity contribution in [1.82, 2.24) is 0 Å². The van der Waals surface area contributed by atoms with Crippen LogP contribution in [0.3, 0.4) is 0 Å². The van der Waals surface area contributed by atoms with E-state index in [-0.39, 0.29) is 0 Å². The molecular formula is C13H13NO3S. The maximum Gasteiger partial charge on any atom is 0.350 e. The standard InChI is InChI=1S/C13H13NO3S/c1-16-9-5-3-8(4-6-9)11-7-10(14)12(18-11)13(15)17-2/h3-7H,14H2,1-2H3. The zero-order valence-electron chi connectivity index (χ0n) is 10.1. The van der Waals surface area contributed by atoms with Crippen molar-refractivity contribution in [2.24, 2.45) is 0 Å². The fourth-order valence-corrected chi connectivity index (χ4v) is 2.56. The zero-order valence-corrected chi connectivity index (χ0v) is 10.9. The summed E-state index contributed by atoms with van der Waals surface area (Å²) in [4.78, 5) is 12.8. The highest BCUT2D eigenvalue weighted by Gasteiger charge is 2.15. The summed E-state index contributed by atoms with van der Waals surface area (Å²) in [5.41, 5.74) is 7.23. The third-order valence-corrected chi connectivity index (χ3v) is 3.69. The van der Waals surface area contributed by atoms with Crippen LogP contribution in [-0.2, 0) is 4.74 Å². The van der Waals surface area contributed by atoms with Gasteiger partial charge in [-0.15, -0.1) is 11.3 Å². The van der Waals surface area contributed by atoms with Gasteiger partial charge in [-0.1, -0.05) is 0 Å². The predicted octanol–water partition coefficient (Wildman–Crippen LogP) is 2.79. The van der Waals surface area contributed by atoms with Gasteiger partial charge in [0.25, 0.3) is 0 Å². The molecule has 0 saturated heterocycles. The molecular weight excluding hydrogens is 250 g/mol. The number of hydrogen-bond acceptors (Lipinski definition) is 5. The SMILES string of the molecule is COC(=O)c1sc(-c2ccc(OC)cc2)cc1N. The number of ether oxygens (including phenoxy) is 2. The van der Waals surface area contributed by atoms with Gasteiger partial charge < -0.3 is 15.2 Å². The van der Waals surface area contributed by atoms with Crippen molar-refractivity contribution >= 4 is 23.0 Å². The molecule has 0 amide bonds. The Labute approximate surface area is 109 Å². The molecule has 1 heterocycles. The van der Waals surface area contributed by atoms with Crippen LogP contribution in [0.2, 0.25) is 0 Å². The van der Waals surface area contributed by atoms with Crippen LogP contribution in [0.5, 0.6) is 5.75 Å². The third-order valence-electron chi connectivity index (χ3n) is 2.51. The number of hydrogen-bond donors (Lipinski definition) is 1. The Hall–Kier alpha value is -2.01. The molecule has 0 radical (unpaired) electrons. The van der Waals surface area contributed by atoms with Gasteiger partial charge in [-0.25, -0.2) is 4.79 Å². The number of nitrogens with two attached hydrogens (primary N) is 1. The lowest BCUT2D eigenvalue weighted by Gasteiger charge is -2.00. The Bertz CT molecular complexity index is 560. The first-order valence-electron chi connectivity index (χ1n) is 5.27. The van der Waals surface area contributed by atoms with Gasteiger partial charge in [-0.2, -0.15) is 0 Å². The number of carbonyl (C=O) groups excluding carboxylic acids is 1. The summed E-state index contributed by atoms with van der Waals surface area (Å²) in [6.07, 6.45) is 0. The van der Waals surface area contributed by atoms with Gasteiger partial charge in [0, 0.05) is 4.88 Å². The minimum atomic E-state index is -0.405. The average Bonchev–Trinajstić information content (AvgIpc) is 2.80. The van der Waals surface area contributed by atoms with Crippen LogP contribution in [0.1, 0.15) is 9.67 Å². The number of carbonyl (C=O) groups is 1. The molecule has 0 unspecified atom stereocenters. The predicted molar refractivity (Wildman–Crippen MR) is 72.1 cm³/mol. The highest BCUT2D eigenvalue weighted by molar-refractivity contribution is 7.18. The first-order valence-corrected chi connectivity index (χ1v) is 6.09. The Balaban J connectivity index is 2.36. The summed E-state index contributed by atoms with van der Waals surface area (Å²) >= 11 is 1.32.